The highest BCUT2D eigenvalue weighted by atomic mass is 16.7. The highest BCUT2D eigenvalue weighted by molar-refractivity contribution is 5.66. The van der Waals surface area contributed by atoms with Gasteiger partial charge in [0.1, 0.15) is 12.2 Å². The van der Waals surface area contributed by atoms with E-state index >= 15 is 0 Å². The van der Waals surface area contributed by atoms with Crippen molar-refractivity contribution in [3.8, 4) is 0 Å². The van der Waals surface area contributed by atoms with Crippen LogP contribution in [-0.4, -0.2) is 37.2 Å². The fraction of sp³-hybridized carbons (Fsp3) is 0.345. The molecule has 184 valence electrons. The summed E-state index contributed by atoms with van der Waals surface area (Å²) in [4.78, 5) is 11.7. The van der Waals surface area contributed by atoms with Crippen LogP contribution in [0.1, 0.15) is 30.0 Å². The zero-order chi connectivity index (χ0) is 24.3. The smallest absolute Gasteiger partial charge is 0.304 e. The van der Waals surface area contributed by atoms with Crippen molar-refractivity contribution in [2.24, 2.45) is 0 Å². The van der Waals surface area contributed by atoms with Crippen molar-refractivity contribution in [2.75, 3.05) is 6.61 Å². The lowest BCUT2D eigenvalue weighted by Gasteiger charge is -2.40. The fourth-order valence-corrected chi connectivity index (χ4v) is 4.08. The summed E-state index contributed by atoms with van der Waals surface area (Å²) in [5.41, 5.74) is 3.18. The van der Waals surface area contributed by atoms with E-state index in [4.69, 9.17) is 23.7 Å². The first-order valence-electron chi connectivity index (χ1n) is 11.9. The van der Waals surface area contributed by atoms with Crippen LogP contribution in [0.4, 0.5) is 0 Å². The summed E-state index contributed by atoms with van der Waals surface area (Å²) in [5.74, 6) is -0.399. The lowest BCUT2D eigenvalue weighted by molar-refractivity contribution is -0.271. The molecule has 3 aromatic carbocycles. The Hall–Kier alpha value is -3.03. The largest absolute Gasteiger partial charge is 0.436 e. The Morgan fingerprint density at radius 3 is 1.83 bits per heavy atom. The molecule has 6 nitrogen and oxygen atoms in total. The maximum absolute atomic E-state index is 11.7. The van der Waals surface area contributed by atoms with E-state index in [1.165, 1.54) is 6.92 Å². The van der Waals surface area contributed by atoms with Crippen LogP contribution in [0.25, 0.3) is 0 Å². The molecule has 0 radical (unpaired) electrons. The van der Waals surface area contributed by atoms with E-state index in [2.05, 4.69) is 0 Å². The van der Waals surface area contributed by atoms with Gasteiger partial charge in [-0.2, -0.15) is 0 Å². The number of esters is 1. The van der Waals surface area contributed by atoms with Gasteiger partial charge < -0.3 is 23.7 Å². The molecule has 0 aromatic heterocycles. The Balaban J connectivity index is 1.48. The molecule has 3 aromatic rings. The minimum absolute atomic E-state index is 0.275. The number of hydrogen-bond acceptors (Lipinski definition) is 6. The van der Waals surface area contributed by atoms with Crippen LogP contribution in [0.3, 0.4) is 0 Å². The topological polar surface area (TPSA) is 63.2 Å². The van der Waals surface area contributed by atoms with Gasteiger partial charge in [0.15, 0.2) is 0 Å². The zero-order valence-corrected chi connectivity index (χ0v) is 20.0. The number of carbonyl (C=O) groups excluding carboxylic acids is 1. The molecule has 35 heavy (non-hydrogen) atoms. The molecular formula is C29H32O6. The molecule has 1 fully saturated rings. The van der Waals surface area contributed by atoms with Crippen molar-refractivity contribution < 1.29 is 28.5 Å². The predicted molar refractivity (Wildman–Crippen MR) is 131 cm³/mol. The molecule has 0 spiro atoms. The second-order valence-electron chi connectivity index (χ2n) is 8.55. The van der Waals surface area contributed by atoms with E-state index in [9.17, 15) is 4.79 Å². The van der Waals surface area contributed by atoms with Gasteiger partial charge in [-0.1, -0.05) is 91.0 Å². The lowest BCUT2D eigenvalue weighted by Crippen LogP contribution is -2.53. The predicted octanol–water partition coefficient (Wildman–Crippen LogP) is 5.05. The van der Waals surface area contributed by atoms with Crippen molar-refractivity contribution in [3.05, 3.63) is 108 Å². The van der Waals surface area contributed by atoms with E-state index in [1.54, 1.807) is 0 Å². The summed E-state index contributed by atoms with van der Waals surface area (Å²) in [7, 11) is 0. The standard InChI is InChI=1S/C29H32O6/c1-22(30)34-28-17-26(32-19-24-13-7-3-8-14-24)29(33-20-25-15-9-4-10-16-25)27(35-28)21-31-18-23-11-5-2-6-12-23/h2-16,26-29H,17-21H2,1H3/t26-,27+,28-,29+/m0/s1. The number of rotatable bonds is 11. The van der Waals surface area contributed by atoms with Gasteiger partial charge in [-0.3, -0.25) is 4.79 Å². The SMILES string of the molecule is CC(=O)O[C@@H]1C[C@H](OCc2ccccc2)[C@@H](OCc2ccccc2)[C@@H](COCc2ccccc2)O1. The summed E-state index contributed by atoms with van der Waals surface area (Å²) in [6, 6.07) is 29.9. The van der Waals surface area contributed by atoms with Crippen LogP contribution < -0.4 is 0 Å². The van der Waals surface area contributed by atoms with Crippen LogP contribution in [0.2, 0.25) is 0 Å². The summed E-state index contributed by atoms with van der Waals surface area (Å²) in [6.45, 7) is 2.92. The van der Waals surface area contributed by atoms with Crippen molar-refractivity contribution in [2.45, 2.75) is 57.8 Å². The molecule has 0 amide bonds. The third-order valence-electron chi connectivity index (χ3n) is 5.77. The Bertz CT molecular complexity index is 1010. The molecular weight excluding hydrogens is 444 g/mol. The van der Waals surface area contributed by atoms with Crippen molar-refractivity contribution in [3.63, 3.8) is 0 Å². The molecule has 0 unspecified atom stereocenters. The van der Waals surface area contributed by atoms with Crippen molar-refractivity contribution >= 4 is 5.97 Å². The van der Waals surface area contributed by atoms with E-state index in [0.717, 1.165) is 16.7 Å². The molecule has 1 aliphatic heterocycles. The van der Waals surface area contributed by atoms with Crippen LogP contribution in [-0.2, 0) is 48.3 Å². The highest BCUT2D eigenvalue weighted by Crippen LogP contribution is 2.28. The average molecular weight is 477 g/mol. The third-order valence-corrected chi connectivity index (χ3v) is 5.77. The van der Waals surface area contributed by atoms with Gasteiger partial charge in [-0.05, 0) is 16.7 Å². The van der Waals surface area contributed by atoms with Crippen LogP contribution >= 0.6 is 0 Å². The van der Waals surface area contributed by atoms with Gasteiger partial charge in [0, 0.05) is 13.3 Å². The van der Waals surface area contributed by atoms with E-state index < -0.39 is 24.5 Å². The van der Waals surface area contributed by atoms with Crippen LogP contribution in [0, 0.1) is 0 Å². The maximum Gasteiger partial charge on any atom is 0.304 e. The Morgan fingerprint density at radius 1 is 0.771 bits per heavy atom. The normalized spacial score (nSPS) is 22.0. The van der Waals surface area contributed by atoms with Gasteiger partial charge in [-0.25, -0.2) is 0 Å². The average Bonchev–Trinajstić information content (AvgIpc) is 2.88. The lowest BCUT2D eigenvalue weighted by atomic mass is 10.0. The zero-order valence-electron chi connectivity index (χ0n) is 20.0. The molecule has 0 aliphatic carbocycles. The van der Waals surface area contributed by atoms with Crippen LogP contribution in [0.15, 0.2) is 91.0 Å². The molecule has 1 saturated heterocycles. The number of benzene rings is 3. The number of ether oxygens (including phenoxy) is 5. The number of carbonyl (C=O) groups is 1. The molecule has 0 saturated carbocycles. The molecule has 6 heteroatoms. The first-order valence-corrected chi connectivity index (χ1v) is 11.9. The Morgan fingerprint density at radius 2 is 1.29 bits per heavy atom. The second kappa shape index (κ2) is 13.2. The van der Waals surface area contributed by atoms with E-state index in [0.29, 0.717) is 26.2 Å². The van der Waals surface area contributed by atoms with E-state index in [1.807, 2.05) is 91.0 Å². The molecule has 0 bridgehead atoms. The quantitative estimate of drug-likeness (QED) is 0.361. The summed E-state index contributed by atoms with van der Waals surface area (Å²) >= 11 is 0. The van der Waals surface area contributed by atoms with Gasteiger partial charge in [0.2, 0.25) is 6.29 Å². The molecule has 1 heterocycles. The first-order chi connectivity index (χ1) is 17.2. The van der Waals surface area contributed by atoms with Gasteiger partial charge in [-0.15, -0.1) is 0 Å². The molecule has 1 aliphatic rings. The maximum atomic E-state index is 11.7. The fourth-order valence-electron chi connectivity index (χ4n) is 4.08. The van der Waals surface area contributed by atoms with Crippen LogP contribution in [0.5, 0.6) is 0 Å². The third kappa shape index (κ3) is 8.01. The van der Waals surface area contributed by atoms with Gasteiger partial charge in [0.25, 0.3) is 0 Å². The monoisotopic (exact) mass is 476 g/mol. The van der Waals surface area contributed by atoms with Crippen molar-refractivity contribution in [1.29, 1.82) is 0 Å². The van der Waals surface area contributed by atoms with Gasteiger partial charge in [0.05, 0.1) is 32.5 Å². The molecule has 0 N–H and O–H groups in total. The van der Waals surface area contributed by atoms with Gasteiger partial charge >= 0.3 is 5.97 Å². The number of hydrogen-bond donors (Lipinski definition) is 0. The summed E-state index contributed by atoms with van der Waals surface area (Å²) < 4.78 is 30.3. The summed E-state index contributed by atoms with van der Waals surface area (Å²) in [5, 5.41) is 0. The Kier molecular flexibility index (Phi) is 9.43. The molecule has 4 rings (SSSR count). The minimum atomic E-state index is -0.727. The first kappa shape index (κ1) is 25.1. The Labute approximate surface area is 206 Å². The minimum Gasteiger partial charge on any atom is -0.436 e. The van der Waals surface area contributed by atoms with E-state index in [-0.39, 0.29) is 12.7 Å². The highest BCUT2D eigenvalue weighted by Gasteiger charge is 2.42. The van der Waals surface area contributed by atoms with Crippen molar-refractivity contribution in [1.82, 2.24) is 0 Å². The second-order valence-corrected chi connectivity index (χ2v) is 8.55. The molecule has 4 atom stereocenters. The summed E-state index contributed by atoms with van der Waals surface area (Å²) in [6.07, 6.45) is -1.57.